The van der Waals surface area contributed by atoms with Crippen LogP contribution in [0.5, 0.6) is 0 Å². The fourth-order valence-corrected chi connectivity index (χ4v) is 1.05. The Hall–Kier alpha value is -1.44. The van der Waals surface area contributed by atoms with Crippen LogP contribution in [-0.4, -0.2) is 12.4 Å². The van der Waals surface area contributed by atoms with E-state index < -0.39 is 37.0 Å². The summed E-state index contributed by atoms with van der Waals surface area (Å²) in [5, 5.41) is 16.6. The third-order valence-corrected chi connectivity index (χ3v) is 1.72. The van der Waals surface area contributed by atoms with Crippen molar-refractivity contribution < 1.29 is 26.3 Å². The number of nitriles is 2. The van der Waals surface area contributed by atoms with Crippen molar-refractivity contribution in [2.75, 3.05) is 0 Å². The van der Waals surface area contributed by atoms with Gasteiger partial charge in [-0.15, -0.1) is 0 Å². The van der Waals surface area contributed by atoms with E-state index in [9.17, 15) is 26.3 Å². The molecule has 0 radical (unpaired) electrons. The Morgan fingerprint density at radius 3 is 1.12 bits per heavy atom. The van der Waals surface area contributed by atoms with Gasteiger partial charge >= 0.3 is 12.4 Å². The summed E-state index contributed by atoms with van der Waals surface area (Å²) in [6.45, 7) is 0. The standard InChI is InChI=1S/C8H6F6N2/c9-7(10,11)1-5(3-15)6(4-16)2-8(12,13)14/h5-6H,1-2H2/t5-,6-/m0/s1. The fourth-order valence-electron chi connectivity index (χ4n) is 1.05. The molecule has 0 aromatic carbocycles. The van der Waals surface area contributed by atoms with Crippen LogP contribution in [0.15, 0.2) is 0 Å². The van der Waals surface area contributed by atoms with Crippen LogP contribution in [0.4, 0.5) is 26.3 Å². The predicted octanol–water partition coefficient (Wildman–Crippen LogP) is 3.17. The monoisotopic (exact) mass is 244 g/mol. The zero-order chi connectivity index (χ0) is 13.0. The first-order valence-corrected chi connectivity index (χ1v) is 4.02. The van der Waals surface area contributed by atoms with Gasteiger partial charge in [-0.25, -0.2) is 0 Å². The number of halogens is 6. The lowest BCUT2D eigenvalue weighted by Gasteiger charge is -2.18. The molecule has 0 rings (SSSR count). The molecule has 0 aliphatic carbocycles. The van der Waals surface area contributed by atoms with E-state index in [2.05, 4.69) is 0 Å². The summed E-state index contributed by atoms with van der Waals surface area (Å²) in [6.07, 6.45) is -12.9. The van der Waals surface area contributed by atoms with Gasteiger partial charge in [0.2, 0.25) is 0 Å². The summed E-state index contributed by atoms with van der Waals surface area (Å²) in [5.74, 6) is -3.99. The molecule has 90 valence electrons. The minimum Gasteiger partial charge on any atom is -0.198 e. The molecule has 0 bridgehead atoms. The highest BCUT2D eigenvalue weighted by Gasteiger charge is 2.41. The van der Waals surface area contributed by atoms with Gasteiger partial charge in [0.15, 0.2) is 0 Å². The number of rotatable bonds is 3. The zero-order valence-corrected chi connectivity index (χ0v) is 7.73. The molecule has 0 aliphatic heterocycles. The van der Waals surface area contributed by atoms with Crippen molar-refractivity contribution in [2.45, 2.75) is 25.2 Å². The van der Waals surface area contributed by atoms with Gasteiger partial charge in [0.25, 0.3) is 0 Å². The smallest absolute Gasteiger partial charge is 0.198 e. The molecule has 0 amide bonds. The lowest BCUT2D eigenvalue weighted by Crippen LogP contribution is -2.24. The number of hydrogen-bond acceptors (Lipinski definition) is 2. The molecule has 0 heterocycles. The zero-order valence-electron chi connectivity index (χ0n) is 7.73. The molecule has 0 fully saturated rings. The summed E-state index contributed by atoms with van der Waals surface area (Å²) in [4.78, 5) is 0. The van der Waals surface area contributed by atoms with Crippen LogP contribution in [-0.2, 0) is 0 Å². The highest BCUT2D eigenvalue weighted by atomic mass is 19.4. The van der Waals surface area contributed by atoms with Gasteiger partial charge in [0.05, 0.1) is 36.8 Å². The molecule has 0 saturated heterocycles. The summed E-state index contributed by atoms with van der Waals surface area (Å²) >= 11 is 0. The van der Waals surface area contributed by atoms with Crippen LogP contribution in [0.1, 0.15) is 12.8 Å². The number of alkyl halides is 6. The second kappa shape index (κ2) is 5.06. The largest absolute Gasteiger partial charge is 0.390 e. The van der Waals surface area contributed by atoms with Gasteiger partial charge in [-0.05, 0) is 0 Å². The minimum atomic E-state index is -4.76. The van der Waals surface area contributed by atoms with Crippen LogP contribution >= 0.6 is 0 Å². The van der Waals surface area contributed by atoms with Crippen LogP contribution in [0.25, 0.3) is 0 Å². The van der Waals surface area contributed by atoms with E-state index in [-0.39, 0.29) is 0 Å². The maximum Gasteiger partial charge on any atom is 0.390 e. The summed E-state index contributed by atoms with van der Waals surface area (Å²) in [6, 6.07) is 2.18. The number of nitrogens with zero attached hydrogens (tertiary/aromatic N) is 2. The molecule has 0 unspecified atom stereocenters. The molecular formula is C8H6F6N2. The molecule has 2 atom stereocenters. The Kier molecular flexibility index (Phi) is 4.61. The van der Waals surface area contributed by atoms with Crippen molar-refractivity contribution in [3.63, 3.8) is 0 Å². The normalized spacial score (nSPS) is 16.0. The molecule has 16 heavy (non-hydrogen) atoms. The highest BCUT2D eigenvalue weighted by molar-refractivity contribution is 4.99. The number of hydrogen-bond donors (Lipinski definition) is 0. The van der Waals surface area contributed by atoms with Crippen LogP contribution < -0.4 is 0 Å². The topological polar surface area (TPSA) is 47.6 Å². The Morgan fingerprint density at radius 2 is 1.00 bits per heavy atom. The average Bonchev–Trinajstić information content (AvgIpc) is 2.07. The van der Waals surface area contributed by atoms with Crippen LogP contribution in [0.3, 0.4) is 0 Å². The second-order valence-corrected chi connectivity index (χ2v) is 3.11. The van der Waals surface area contributed by atoms with Crippen molar-refractivity contribution in [3.05, 3.63) is 0 Å². The van der Waals surface area contributed by atoms with E-state index in [1.165, 1.54) is 0 Å². The Bertz CT molecular complexity index is 272. The van der Waals surface area contributed by atoms with E-state index in [0.717, 1.165) is 12.1 Å². The lowest BCUT2D eigenvalue weighted by molar-refractivity contribution is -0.158. The van der Waals surface area contributed by atoms with Gasteiger partial charge in [-0.1, -0.05) is 0 Å². The molecular weight excluding hydrogens is 238 g/mol. The quantitative estimate of drug-likeness (QED) is 0.716. The maximum absolute atomic E-state index is 11.9. The third-order valence-electron chi connectivity index (χ3n) is 1.72. The van der Waals surface area contributed by atoms with Crippen molar-refractivity contribution in [1.82, 2.24) is 0 Å². The lowest BCUT2D eigenvalue weighted by atomic mass is 9.89. The van der Waals surface area contributed by atoms with Gasteiger partial charge in [0, 0.05) is 0 Å². The van der Waals surface area contributed by atoms with E-state index in [1.807, 2.05) is 0 Å². The molecule has 0 aliphatic rings. The maximum atomic E-state index is 11.9. The van der Waals surface area contributed by atoms with Crippen LogP contribution in [0.2, 0.25) is 0 Å². The highest BCUT2D eigenvalue weighted by Crippen LogP contribution is 2.34. The van der Waals surface area contributed by atoms with Crippen molar-refractivity contribution in [1.29, 1.82) is 10.5 Å². The van der Waals surface area contributed by atoms with Crippen molar-refractivity contribution in [2.24, 2.45) is 11.8 Å². The van der Waals surface area contributed by atoms with E-state index >= 15 is 0 Å². The SMILES string of the molecule is N#C[C@H](CC(F)(F)F)[C@H](C#N)CC(F)(F)F. The molecule has 0 N–H and O–H groups in total. The Morgan fingerprint density at radius 1 is 0.750 bits per heavy atom. The first-order valence-electron chi connectivity index (χ1n) is 4.02. The molecule has 0 aromatic rings. The van der Waals surface area contributed by atoms with E-state index in [4.69, 9.17) is 10.5 Å². The molecule has 0 saturated carbocycles. The second-order valence-electron chi connectivity index (χ2n) is 3.11. The summed E-state index contributed by atoms with van der Waals surface area (Å²) in [5.41, 5.74) is 0. The van der Waals surface area contributed by atoms with E-state index in [0.29, 0.717) is 0 Å². The third kappa shape index (κ3) is 6.12. The first kappa shape index (κ1) is 14.6. The molecule has 0 aromatic heterocycles. The molecule has 8 heteroatoms. The van der Waals surface area contributed by atoms with E-state index in [1.54, 1.807) is 0 Å². The Labute approximate surface area is 87.1 Å². The predicted molar refractivity (Wildman–Crippen MR) is 39.6 cm³/mol. The van der Waals surface area contributed by atoms with Gasteiger partial charge in [-0.3, -0.25) is 0 Å². The first-order chi connectivity index (χ1) is 7.09. The van der Waals surface area contributed by atoms with Gasteiger partial charge in [-0.2, -0.15) is 36.9 Å². The molecule has 2 nitrogen and oxygen atoms in total. The average molecular weight is 244 g/mol. The summed E-state index contributed by atoms with van der Waals surface area (Å²) < 4.78 is 71.3. The fraction of sp³-hybridized carbons (Fsp3) is 0.750. The van der Waals surface area contributed by atoms with Crippen molar-refractivity contribution in [3.8, 4) is 12.1 Å². The minimum absolute atomic E-state index is 1.09. The Balaban J connectivity index is 4.68. The van der Waals surface area contributed by atoms with Crippen molar-refractivity contribution >= 4 is 0 Å². The van der Waals surface area contributed by atoms with Crippen LogP contribution in [0, 0.1) is 34.5 Å². The van der Waals surface area contributed by atoms with Gasteiger partial charge in [0.1, 0.15) is 0 Å². The molecule has 0 spiro atoms. The summed E-state index contributed by atoms with van der Waals surface area (Å²) in [7, 11) is 0. The van der Waals surface area contributed by atoms with Gasteiger partial charge < -0.3 is 0 Å².